The largest absolute Gasteiger partial charge is 0.493 e. The Kier molecular flexibility index (Phi) is 8.09. The van der Waals surface area contributed by atoms with Crippen molar-refractivity contribution in [1.29, 1.82) is 0 Å². The van der Waals surface area contributed by atoms with Gasteiger partial charge in [0.15, 0.2) is 23.1 Å². The molecule has 2 unspecified atom stereocenters. The summed E-state index contributed by atoms with van der Waals surface area (Å²) in [5, 5.41) is 27.7. The second-order valence-corrected chi connectivity index (χ2v) is 10.7. The summed E-state index contributed by atoms with van der Waals surface area (Å²) < 4.78 is 54.8. The van der Waals surface area contributed by atoms with Gasteiger partial charge in [0.2, 0.25) is 5.82 Å². The molecule has 0 spiro atoms. The van der Waals surface area contributed by atoms with E-state index in [0.29, 0.717) is 27.6 Å². The molecule has 41 heavy (non-hydrogen) atoms. The van der Waals surface area contributed by atoms with Crippen LogP contribution in [0.5, 0.6) is 11.5 Å². The van der Waals surface area contributed by atoms with E-state index in [0.717, 1.165) is 4.57 Å². The van der Waals surface area contributed by atoms with Crippen LogP contribution in [0.1, 0.15) is 51.9 Å². The number of ether oxygens (including phenoxy) is 2. The summed E-state index contributed by atoms with van der Waals surface area (Å²) in [5.41, 5.74) is 1.42. The topological polar surface area (TPSA) is 130 Å². The highest BCUT2D eigenvalue weighted by atomic mass is 35.5. The zero-order valence-corrected chi connectivity index (χ0v) is 23.2. The lowest BCUT2D eigenvalue weighted by Gasteiger charge is -2.24. The number of hydrogen-bond acceptors (Lipinski definition) is 9. The molecular weight excluding hydrogens is 587 g/mol. The van der Waals surface area contributed by atoms with Gasteiger partial charge >= 0.3 is 12.1 Å². The standard InChI is InChI=1S/C25H23ClF3N7O4S/c1-39-17-5-3-4-14(21(17)40-2)22-15-12-13(26)6-7-16(15)36-23(31-32-24(36)25(27,28)29)18(41-22)10-11-35-33-19(30-34-35)8-9-20(37)38/h3-7,12,18,22H,8-11H2,1-2H3,(H,37,38). The molecule has 3 heterocycles. The molecule has 0 saturated carbocycles. The highest BCUT2D eigenvalue weighted by Gasteiger charge is 2.43. The molecule has 1 aliphatic heterocycles. The van der Waals surface area contributed by atoms with Crippen molar-refractivity contribution >= 4 is 29.3 Å². The molecule has 1 N–H and O–H groups in total. The van der Waals surface area contributed by atoms with Crippen molar-refractivity contribution in [2.45, 2.75) is 42.5 Å². The third-order valence-corrected chi connectivity index (χ3v) is 8.20. The number of alkyl halides is 3. The molecule has 216 valence electrons. The fraction of sp³-hybridized carbons (Fsp3) is 0.360. The lowest BCUT2D eigenvalue weighted by Crippen LogP contribution is -2.16. The van der Waals surface area contributed by atoms with Gasteiger partial charge in [-0.1, -0.05) is 23.7 Å². The number of aromatic nitrogens is 7. The normalized spacial score (nSPS) is 16.5. The van der Waals surface area contributed by atoms with Gasteiger partial charge in [-0.2, -0.15) is 18.0 Å². The van der Waals surface area contributed by atoms with Crippen LogP contribution in [0.3, 0.4) is 0 Å². The summed E-state index contributed by atoms with van der Waals surface area (Å²) >= 11 is 7.74. The van der Waals surface area contributed by atoms with Crippen molar-refractivity contribution < 1.29 is 32.5 Å². The molecule has 0 aliphatic carbocycles. The number of aryl methyl sites for hydroxylation is 2. The summed E-state index contributed by atoms with van der Waals surface area (Å²) in [7, 11) is 3.00. The number of carboxylic acid groups (broad SMARTS) is 1. The minimum absolute atomic E-state index is 0.0986. The molecule has 4 aromatic rings. The minimum Gasteiger partial charge on any atom is -0.493 e. The van der Waals surface area contributed by atoms with Gasteiger partial charge in [0, 0.05) is 17.0 Å². The van der Waals surface area contributed by atoms with E-state index in [1.807, 2.05) is 6.07 Å². The van der Waals surface area contributed by atoms with Crippen LogP contribution >= 0.6 is 23.4 Å². The fourth-order valence-electron chi connectivity index (χ4n) is 4.64. The molecule has 0 amide bonds. The summed E-state index contributed by atoms with van der Waals surface area (Å²) in [6.45, 7) is 0.172. The monoisotopic (exact) mass is 609 g/mol. The van der Waals surface area contributed by atoms with E-state index in [2.05, 4.69) is 25.6 Å². The van der Waals surface area contributed by atoms with Gasteiger partial charge in [-0.25, -0.2) is 0 Å². The van der Waals surface area contributed by atoms with Crippen molar-refractivity contribution in [2.24, 2.45) is 0 Å². The quantitative estimate of drug-likeness (QED) is 0.279. The Balaban J connectivity index is 1.61. The Hall–Kier alpha value is -3.85. The van der Waals surface area contributed by atoms with E-state index in [1.54, 1.807) is 18.2 Å². The number of carbonyl (C=O) groups is 1. The molecule has 0 fully saturated rings. The van der Waals surface area contributed by atoms with E-state index >= 15 is 0 Å². The number of benzene rings is 2. The highest BCUT2D eigenvalue weighted by molar-refractivity contribution is 8.00. The molecule has 2 aromatic carbocycles. The van der Waals surface area contributed by atoms with Crippen LogP contribution in [0.4, 0.5) is 13.2 Å². The summed E-state index contributed by atoms with van der Waals surface area (Å²) in [4.78, 5) is 12.2. The number of tetrazole rings is 1. The van der Waals surface area contributed by atoms with Crippen LogP contribution in [0.25, 0.3) is 5.69 Å². The smallest absolute Gasteiger partial charge is 0.452 e. The molecule has 0 saturated heterocycles. The Morgan fingerprint density at radius 3 is 2.63 bits per heavy atom. The summed E-state index contributed by atoms with van der Waals surface area (Å²) in [6, 6.07) is 10.0. The van der Waals surface area contributed by atoms with Gasteiger partial charge in [0.1, 0.15) is 0 Å². The van der Waals surface area contributed by atoms with Gasteiger partial charge in [0.25, 0.3) is 0 Å². The van der Waals surface area contributed by atoms with E-state index in [4.69, 9.17) is 26.2 Å². The van der Waals surface area contributed by atoms with Crippen LogP contribution in [-0.4, -0.2) is 60.3 Å². The fourth-order valence-corrected chi connectivity index (χ4v) is 6.33. The van der Waals surface area contributed by atoms with E-state index in [1.165, 1.54) is 42.9 Å². The third kappa shape index (κ3) is 5.81. The van der Waals surface area contributed by atoms with Crippen molar-refractivity contribution in [3.63, 3.8) is 0 Å². The maximum absolute atomic E-state index is 14.2. The lowest BCUT2D eigenvalue weighted by atomic mass is 10.0. The number of para-hydroxylation sites is 1. The molecule has 5 rings (SSSR count). The van der Waals surface area contributed by atoms with Crippen LogP contribution in [-0.2, 0) is 23.9 Å². The Labute approximate surface area is 240 Å². The number of nitrogens with zero attached hydrogens (tertiary/aromatic N) is 7. The van der Waals surface area contributed by atoms with Gasteiger partial charge in [0.05, 0.1) is 43.4 Å². The van der Waals surface area contributed by atoms with Gasteiger partial charge < -0.3 is 14.6 Å². The molecule has 16 heteroatoms. The second-order valence-electron chi connectivity index (χ2n) is 8.99. The second kappa shape index (κ2) is 11.6. The first-order valence-corrected chi connectivity index (χ1v) is 13.6. The molecule has 2 aromatic heterocycles. The first kappa shape index (κ1) is 28.7. The van der Waals surface area contributed by atoms with Gasteiger partial charge in [-0.3, -0.25) is 9.36 Å². The van der Waals surface area contributed by atoms with Crippen LogP contribution in [0.2, 0.25) is 5.02 Å². The maximum Gasteiger partial charge on any atom is 0.452 e. The summed E-state index contributed by atoms with van der Waals surface area (Å²) in [6.07, 6.45) is -4.58. The van der Waals surface area contributed by atoms with Gasteiger partial charge in [-0.05, 0) is 41.5 Å². The van der Waals surface area contributed by atoms with Crippen LogP contribution < -0.4 is 9.47 Å². The SMILES string of the molecule is COc1cccc(C2SC(CCn3nnc(CCC(=O)O)n3)c3nnc(C(F)(F)F)n3-c3ccc(Cl)cc32)c1OC. The van der Waals surface area contributed by atoms with Crippen molar-refractivity contribution in [2.75, 3.05) is 14.2 Å². The molecule has 0 radical (unpaired) electrons. The molecule has 0 bridgehead atoms. The Bertz CT molecular complexity index is 1580. The van der Waals surface area contributed by atoms with E-state index in [9.17, 15) is 18.0 Å². The first-order chi connectivity index (χ1) is 19.6. The van der Waals surface area contributed by atoms with E-state index in [-0.39, 0.29) is 43.1 Å². The van der Waals surface area contributed by atoms with Crippen molar-refractivity contribution in [3.8, 4) is 17.2 Å². The number of hydrogen-bond donors (Lipinski definition) is 1. The number of carboxylic acids is 1. The van der Waals surface area contributed by atoms with Crippen molar-refractivity contribution in [1.82, 2.24) is 35.0 Å². The lowest BCUT2D eigenvalue weighted by molar-refractivity contribution is -0.146. The van der Waals surface area contributed by atoms with Crippen molar-refractivity contribution in [3.05, 3.63) is 70.0 Å². The predicted octanol–water partition coefficient (Wildman–Crippen LogP) is 4.93. The van der Waals surface area contributed by atoms with Gasteiger partial charge in [-0.15, -0.1) is 32.2 Å². The average molecular weight is 610 g/mol. The molecule has 1 aliphatic rings. The third-order valence-electron chi connectivity index (χ3n) is 6.41. The Morgan fingerprint density at radius 2 is 1.93 bits per heavy atom. The number of aliphatic carboxylic acids is 1. The summed E-state index contributed by atoms with van der Waals surface area (Å²) in [5.74, 6) is -0.895. The minimum atomic E-state index is -4.78. The predicted molar refractivity (Wildman–Crippen MR) is 141 cm³/mol. The number of halogens is 4. The zero-order chi connectivity index (χ0) is 29.3. The zero-order valence-electron chi connectivity index (χ0n) is 21.7. The maximum atomic E-state index is 14.2. The Morgan fingerprint density at radius 1 is 1.12 bits per heavy atom. The number of methoxy groups -OCH3 is 2. The molecular formula is C25H23ClF3N7O4S. The van der Waals surface area contributed by atoms with Crippen LogP contribution in [0, 0.1) is 0 Å². The van der Waals surface area contributed by atoms with E-state index < -0.39 is 28.5 Å². The van der Waals surface area contributed by atoms with Crippen LogP contribution in [0.15, 0.2) is 36.4 Å². The first-order valence-electron chi connectivity index (χ1n) is 12.3. The molecule has 2 atom stereocenters. The number of rotatable bonds is 9. The molecule has 11 nitrogen and oxygen atoms in total. The number of thioether (sulfide) groups is 1. The highest BCUT2D eigenvalue weighted by Crippen LogP contribution is 2.54. The number of fused-ring (bicyclic) bond motifs is 3. The average Bonchev–Trinajstić information content (AvgIpc) is 3.56.